The number of hydrogen-bond acceptors (Lipinski definition) is 4. The van der Waals surface area contributed by atoms with Crippen LogP contribution in [0.1, 0.15) is 36.4 Å². The smallest absolute Gasteiger partial charge is 0.238 e. The average molecular weight is 342 g/mol. The van der Waals surface area contributed by atoms with E-state index in [0.29, 0.717) is 0 Å². The lowest BCUT2D eigenvalue weighted by atomic mass is 9.88. The maximum absolute atomic E-state index is 11.6. The topological polar surface area (TPSA) is 92.4 Å². The molecular weight excluding hydrogens is 324 g/mol. The first-order chi connectivity index (χ1) is 11.4. The molecule has 0 unspecified atom stereocenters. The Morgan fingerprint density at radius 1 is 1.08 bits per heavy atom. The van der Waals surface area contributed by atoms with Crippen molar-refractivity contribution in [2.45, 2.75) is 30.2 Å². The standard InChI is InChI=1S/C18H18N2O3S/c19-24(22,23)13-8-9-17-16(10-13)14-2-1-3-15(14)18(20-17)11-4-6-12(21)7-5-11/h4-10,18,20-21H,1-3H2,(H2,19,22,23)/t18-/m0/s1. The molecule has 1 aliphatic heterocycles. The number of phenols is 1. The fourth-order valence-corrected chi connectivity index (χ4v) is 4.20. The minimum atomic E-state index is -3.71. The van der Waals surface area contributed by atoms with Crippen LogP contribution in [0.2, 0.25) is 0 Å². The molecule has 0 bridgehead atoms. The van der Waals surface area contributed by atoms with Crippen molar-refractivity contribution in [3.8, 4) is 5.75 Å². The summed E-state index contributed by atoms with van der Waals surface area (Å²) in [5.74, 6) is 0.244. The molecule has 0 saturated carbocycles. The highest BCUT2D eigenvalue weighted by atomic mass is 32.2. The highest BCUT2D eigenvalue weighted by Crippen LogP contribution is 2.48. The van der Waals surface area contributed by atoms with Gasteiger partial charge in [0.2, 0.25) is 10.0 Å². The third-order valence-corrected chi connectivity index (χ3v) is 5.69. The molecule has 0 aromatic heterocycles. The average Bonchev–Trinajstić information content (AvgIpc) is 3.03. The Balaban J connectivity index is 1.84. The summed E-state index contributed by atoms with van der Waals surface area (Å²) in [6, 6.07) is 12.2. The van der Waals surface area contributed by atoms with Gasteiger partial charge in [0.15, 0.2) is 0 Å². The number of sulfonamides is 1. The number of nitrogens with one attached hydrogen (secondary N) is 1. The summed E-state index contributed by atoms with van der Waals surface area (Å²) in [6.07, 6.45) is 2.97. The Bertz CT molecular complexity index is 947. The zero-order chi connectivity index (χ0) is 16.9. The number of anilines is 1. The molecule has 2 aliphatic rings. The number of phenolic OH excluding ortho intramolecular Hbond substituents is 1. The predicted octanol–water partition coefficient (Wildman–Crippen LogP) is 3.14. The number of aromatic hydroxyl groups is 1. The minimum absolute atomic E-state index is 0.0518. The van der Waals surface area contributed by atoms with Crippen molar-refractivity contribution < 1.29 is 13.5 Å². The van der Waals surface area contributed by atoms with Crippen molar-refractivity contribution in [3.63, 3.8) is 0 Å². The fourth-order valence-electron chi connectivity index (χ4n) is 3.66. The van der Waals surface area contributed by atoms with Gasteiger partial charge in [-0.05, 0) is 66.3 Å². The van der Waals surface area contributed by atoms with Crippen LogP contribution in [0, 0.1) is 0 Å². The van der Waals surface area contributed by atoms with Crippen molar-refractivity contribution in [2.75, 3.05) is 5.32 Å². The van der Waals surface area contributed by atoms with Gasteiger partial charge in [0.05, 0.1) is 10.9 Å². The number of benzene rings is 2. The lowest BCUT2D eigenvalue weighted by Crippen LogP contribution is -2.19. The van der Waals surface area contributed by atoms with E-state index in [1.807, 2.05) is 12.1 Å². The second-order valence-electron chi connectivity index (χ2n) is 6.28. The lowest BCUT2D eigenvalue weighted by Gasteiger charge is -2.30. The van der Waals surface area contributed by atoms with Crippen molar-refractivity contribution in [1.29, 1.82) is 0 Å². The molecule has 24 heavy (non-hydrogen) atoms. The molecule has 1 heterocycles. The summed E-state index contributed by atoms with van der Waals surface area (Å²) in [6.45, 7) is 0. The first-order valence-electron chi connectivity index (χ1n) is 7.88. The molecule has 0 spiro atoms. The van der Waals surface area contributed by atoms with Crippen LogP contribution in [0.5, 0.6) is 5.75 Å². The number of hydrogen-bond donors (Lipinski definition) is 3. The van der Waals surface area contributed by atoms with E-state index in [1.165, 1.54) is 17.2 Å². The van der Waals surface area contributed by atoms with E-state index in [4.69, 9.17) is 5.14 Å². The van der Waals surface area contributed by atoms with E-state index in [-0.39, 0.29) is 16.7 Å². The molecule has 2 aromatic rings. The molecule has 0 amide bonds. The quantitative estimate of drug-likeness (QED) is 0.782. The molecule has 4 rings (SSSR count). The largest absolute Gasteiger partial charge is 0.508 e. The van der Waals surface area contributed by atoms with Crippen molar-refractivity contribution in [3.05, 3.63) is 59.2 Å². The Hall–Kier alpha value is -2.31. The summed E-state index contributed by atoms with van der Waals surface area (Å²) < 4.78 is 23.3. The fraction of sp³-hybridized carbons (Fsp3) is 0.222. The van der Waals surface area contributed by atoms with E-state index in [1.54, 1.807) is 24.3 Å². The van der Waals surface area contributed by atoms with Gasteiger partial charge >= 0.3 is 0 Å². The second kappa shape index (κ2) is 5.36. The van der Waals surface area contributed by atoms with Crippen LogP contribution in [0.15, 0.2) is 52.9 Å². The predicted molar refractivity (Wildman–Crippen MR) is 93.1 cm³/mol. The molecule has 4 N–H and O–H groups in total. The summed E-state index contributed by atoms with van der Waals surface area (Å²) in [4.78, 5) is 0.143. The molecule has 0 radical (unpaired) electrons. The normalized spacial score (nSPS) is 19.6. The minimum Gasteiger partial charge on any atom is -0.508 e. The Morgan fingerprint density at radius 3 is 2.54 bits per heavy atom. The number of rotatable bonds is 2. The monoisotopic (exact) mass is 342 g/mol. The molecule has 2 aromatic carbocycles. The number of primary sulfonamides is 1. The zero-order valence-electron chi connectivity index (χ0n) is 13.0. The van der Waals surface area contributed by atoms with Gasteiger partial charge in [-0.3, -0.25) is 0 Å². The van der Waals surface area contributed by atoms with Crippen LogP contribution < -0.4 is 10.5 Å². The Labute approximate surface area is 140 Å². The van der Waals surface area contributed by atoms with Crippen LogP contribution in [-0.2, 0) is 10.0 Å². The summed E-state index contributed by atoms with van der Waals surface area (Å²) in [7, 11) is -3.71. The molecule has 1 atom stereocenters. The molecule has 1 aliphatic carbocycles. The van der Waals surface area contributed by atoms with Gasteiger partial charge < -0.3 is 10.4 Å². The third-order valence-electron chi connectivity index (χ3n) is 4.78. The van der Waals surface area contributed by atoms with Gasteiger partial charge in [0, 0.05) is 11.3 Å². The molecule has 6 heteroatoms. The van der Waals surface area contributed by atoms with Gasteiger partial charge in [-0.15, -0.1) is 0 Å². The SMILES string of the molecule is NS(=O)(=O)c1ccc2c(c1)C1=C(CCC1)[C@H](c1ccc(O)cc1)N2. The van der Waals surface area contributed by atoms with E-state index in [2.05, 4.69) is 5.32 Å². The van der Waals surface area contributed by atoms with Gasteiger partial charge in [-0.2, -0.15) is 0 Å². The Kier molecular flexibility index (Phi) is 3.40. The van der Waals surface area contributed by atoms with Gasteiger partial charge in [0.25, 0.3) is 0 Å². The summed E-state index contributed by atoms with van der Waals surface area (Å²) in [5.41, 5.74) is 5.45. The highest BCUT2D eigenvalue weighted by molar-refractivity contribution is 7.89. The van der Waals surface area contributed by atoms with E-state index < -0.39 is 10.0 Å². The zero-order valence-corrected chi connectivity index (χ0v) is 13.8. The van der Waals surface area contributed by atoms with Crippen molar-refractivity contribution in [2.24, 2.45) is 5.14 Å². The number of nitrogens with two attached hydrogens (primary N) is 1. The number of fused-ring (bicyclic) bond motifs is 2. The molecular formula is C18H18N2O3S. The van der Waals surface area contributed by atoms with Crippen LogP contribution >= 0.6 is 0 Å². The molecule has 0 fully saturated rings. The Morgan fingerprint density at radius 2 is 1.83 bits per heavy atom. The maximum Gasteiger partial charge on any atom is 0.238 e. The van der Waals surface area contributed by atoms with Crippen molar-refractivity contribution >= 4 is 21.3 Å². The second-order valence-corrected chi connectivity index (χ2v) is 7.84. The van der Waals surface area contributed by atoms with Gasteiger partial charge in [-0.1, -0.05) is 12.1 Å². The van der Waals surface area contributed by atoms with E-state index >= 15 is 0 Å². The number of allylic oxidation sites excluding steroid dienone is 1. The van der Waals surface area contributed by atoms with Crippen LogP contribution in [0.25, 0.3) is 5.57 Å². The molecule has 124 valence electrons. The highest BCUT2D eigenvalue weighted by Gasteiger charge is 2.31. The maximum atomic E-state index is 11.6. The van der Waals surface area contributed by atoms with Crippen LogP contribution in [-0.4, -0.2) is 13.5 Å². The first-order valence-corrected chi connectivity index (χ1v) is 9.43. The molecule has 0 saturated heterocycles. The van der Waals surface area contributed by atoms with E-state index in [0.717, 1.165) is 36.1 Å². The van der Waals surface area contributed by atoms with Crippen molar-refractivity contribution in [1.82, 2.24) is 0 Å². The van der Waals surface area contributed by atoms with E-state index in [9.17, 15) is 13.5 Å². The van der Waals surface area contributed by atoms with Gasteiger partial charge in [-0.25, -0.2) is 13.6 Å². The first kappa shape index (κ1) is 15.2. The lowest BCUT2D eigenvalue weighted by molar-refractivity contribution is 0.475. The van der Waals surface area contributed by atoms with Crippen LogP contribution in [0.4, 0.5) is 5.69 Å². The molecule has 5 nitrogen and oxygen atoms in total. The summed E-state index contributed by atoms with van der Waals surface area (Å²) >= 11 is 0. The summed E-state index contributed by atoms with van der Waals surface area (Å²) in [5, 5.41) is 18.3. The van der Waals surface area contributed by atoms with Crippen LogP contribution in [0.3, 0.4) is 0 Å². The third kappa shape index (κ3) is 2.48. The van der Waals surface area contributed by atoms with Gasteiger partial charge in [0.1, 0.15) is 5.75 Å².